The third kappa shape index (κ3) is 6.18. The molecule has 8 heteroatoms. The van der Waals surface area contributed by atoms with Crippen molar-refractivity contribution in [2.24, 2.45) is 5.92 Å². The van der Waals surface area contributed by atoms with Crippen molar-refractivity contribution < 1.29 is 24.3 Å². The molecule has 1 fully saturated rings. The second-order valence-corrected chi connectivity index (χ2v) is 7.95. The van der Waals surface area contributed by atoms with E-state index in [2.05, 4.69) is 12.6 Å². The molecular weight excluding hydrogens is 344 g/mol. The van der Waals surface area contributed by atoms with Crippen molar-refractivity contribution in [1.82, 2.24) is 10.4 Å². The average molecular weight is 375 g/mol. The molecular formula is C17H30N2O5S. The molecule has 0 aliphatic carbocycles. The van der Waals surface area contributed by atoms with Crippen molar-refractivity contribution in [3.63, 3.8) is 0 Å². The zero-order valence-corrected chi connectivity index (χ0v) is 16.3. The molecule has 2 N–H and O–H groups in total. The number of carbonyl (C=O) groups is 3. The predicted octanol–water partition coefficient (Wildman–Crippen LogP) is 1.93. The molecule has 0 spiro atoms. The summed E-state index contributed by atoms with van der Waals surface area (Å²) in [6.07, 6.45) is 3.33. The molecule has 0 unspecified atom stereocenters. The van der Waals surface area contributed by atoms with Crippen molar-refractivity contribution >= 4 is 30.4 Å². The molecule has 1 saturated heterocycles. The third-order valence-electron chi connectivity index (χ3n) is 4.16. The maximum Gasteiger partial charge on any atom is 0.329 e. The lowest BCUT2D eigenvalue weighted by molar-refractivity contribution is -0.164. The SMILES string of the molecule is CCCC[C@@H](C(=O)N1CCC[C@H]1C(=O)OC(C)(C)C)[C@@H](S)C(=O)NO. The van der Waals surface area contributed by atoms with Gasteiger partial charge in [0.2, 0.25) is 5.91 Å². The van der Waals surface area contributed by atoms with Gasteiger partial charge in [0.05, 0.1) is 11.2 Å². The van der Waals surface area contributed by atoms with Gasteiger partial charge in [-0.05, 0) is 40.0 Å². The largest absolute Gasteiger partial charge is 0.458 e. The number of hydrogen-bond donors (Lipinski definition) is 3. The van der Waals surface area contributed by atoms with E-state index in [1.165, 1.54) is 4.90 Å². The molecule has 0 saturated carbocycles. The number of thiol groups is 1. The highest BCUT2D eigenvalue weighted by Crippen LogP contribution is 2.27. The lowest BCUT2D eigenvalue weighted by Gasteiger charge is -2.31. The van der Waals surface area contributed by atoms with E-state index < -0.39 is 34.7 Å². The van der Waals surface area contributed by atoms with Crippen LogP contribution in [-0.4, -0.2) is 51.3 Å². The first-order valence-electron chi connectivity index (χ1n) is 8.77. The summed E-state index contributed by atoms with van der Waals surface area (Å²) in [6, 6.07) is -0.631. The van der Waals surface area contributed by atoms with Crippen molar-refractivity contribution in [1.29, 1.82) is 0 Å². The van der Waals surface area contributed by atoms with Gasteiger partial charge in [0.1, 0.15) is 11.6 Å². The molecule has 0 bridgehead atoms. The summed E-state index contributed by atoms with van der Waals surface area (Å²) < 4.78 is 5.42. The Bertz CT molecular complexity index is 492. The number of nitrogens with zero attached hydrogens (tertiary/aromatic N) is 1. The Morgan fingerprint density at radius 1 is 1.36 bits per heavy atom. The van der Waals surface area contributed by atoms with E-state index in [0.717, 1.165) is 12.8 Å². The molecule has 0 radical (unpaired) electrons. The molecule has 0 aromatic heterocycles. The first kappa shape index (κ1) is 21.8. The number of unbranched alkanes of at least 4 members (excludes halogenated alkanes) is 1. The van der Waals surface area contributed by atoms with Crippen LogP contribution in [0.3, 0.4) is 0 Å². The van der Waals surface area contributed by atoms with Crippen LogP contribution in [0, 0.1) is 5.92 Å². The number of carbonyl (C=O) groups excluding carboxylic acids is 3. The van der Waals surface area contributed by atoms with Gasteiger partial charge in [-0.25, -0.2) is 10.3 Å². The lowest BCUT2D eigenvalue weighted by Crippen LogP contribution is -2.49. The van der Waals surface area contributed by atoms with Crippen LogP contribution in [0.4, 0.5) is 0 Å². The normalized spacial score (nSPS) is 20.1. The van der Waals surface area contributed by atoms with E-state index in [4.69, 9.17) is 9.94 Å². The van der Waals surface area contributed by atoms with Gasteiger partial charge in [0, 0.05) is 6.54 Å². The fourth-order valence-corrected chi connectivity index (χ4v) is 3.28. The van der Waals surface area contributed by atoms with Crippen LogP contribution in [0.1, 0.15) is 59.8 Å². The number of nitrogens with one attached hydrogen (secondary N) is 1. The minimum atomic E-state index is -0.969. The van der Waals surface area contributed by atoms with E-state index in [-0.39, 0.29) is 5.91 Å². The second-order valence-electron chi connectivity index (χ2n) is 7.39. The minimum Gasteiger partial charge on any atom is -0.458 e. The summed E-state index contributed by atoms with van der Waals surface area (Å²) in [5.41, 5.74) is 0.928. The van der Waals surface area contributed by atoms with Gasteiger partial charge >= 0.3 is 5.97 Å². The Morgan fingerprint density at radius 2 is 2.00 bits per heavy atom. The number of hydroxylamine groups is 1. The van der Waals surface area contributed by atoms with Crippen LogP contribution in [0.15, 0.2) is 0 Å². The number of esters is 1. The zero-order valence-electron chi connectivity index (χ0n) is 15.4. The fourth-order valence-electron chi connectivity index (χ4n) is 2.95. The predicted molar refractivity (Wildman–Crippen MR) is 96.3 cm³/mol. The van der Waals surface area contributed by atoms with Crippen LogP contribution < -0.4 is 5.48 Å². The summed E-state index contributed by atoms with van der Waals surface area (Å²) in [4.78, 5) is 38.7. The molecule has 1 heterocycles. The highest BCUT2D eigenvalue weighted by Gasteiger charge is 2.41. The van der Waals surface area contributed by atoms with Gasteiger partial charge in [-0.15, -0.1) is 0 Å². The van der Waals surface area contributed by atoms with Crippen LogP contribution in [0.2, 0.25) is 0 Å². The standard InChI is InChI=1S/C17H30N2O5S/c1-5-6-8-11(13(25)14(20)18-23)15(21)19-10-7-9-12(19)16(22)24-17(2,3)4/h11-13,23,25H,5-10H2,1-4H3,(H,18,20)/t11-,12+,13-/m1/s1. The fraction of sp³-hybridized carbons (Fsp3) is 0.824. The highest BCUT2D eigenvalue weighted by atomic mass is 32.1. The minimum absolute atomic E-state index is 0.287. The van der Waals surface area contributed by atoms with E-state index in [1.807, 2.05) is 6.92 Å². The van der Waals surface area contributed by atoms with Gasteiger partial charge in [-0.3, -0.25) is 14.8 Å². The number of rotatable bonds is 7. The Kier molecular flexibility index (Phi) is 8.21. The van der Waals surface area contributed by atoms with E-state index in [1.54, 1.807) is 26.3 Å². The van der Waals surface area contributed by atoms with Gasteiger partial charge in [-0.1, -0.05) is 19.8 Å². The summed E-state index contributed by atoms with van der Waals surface area (Å²) in [5, 5.41) is 7.88. The molecule has 144 valence electrons. The number of likely N-dealkylation sites (tertiary alicyclic amines) is 1. The Hall–Kier alpha value is -1.28. The summed E-state index contributed by atoms with van der Waals surface area (Å²) in [5.74, 6) is -2.12. The van der Waals surface area contributed by atoms with E-state index in [0.29, 0.717) is 25.8 Å². The topological polar surface area (TPSA) is 95.9 Å². The van der Waals surface area contributed by atoms with Crippen LogP contribution in [0.25, 0.3) is 0 Å². The maximum atomic E-state index is 13.0. The Morgan fingerprint density at radius 3 is 2.52 bits per heavy atom. The quantitative estimate of drug-likeness (QED) is 0.274. The summed E-state index contributed by atoms with van der Waals surface area (Å²) >= 11 is 4.22. The summed E-state index contributed by atoms with van der Waals surface area (Å²) in [6.45, 7) is 7.79. The lowest BCUT2D eigenvalue weighted by atomic mass is 9.95. The summed E-state index contributed by atoms with van der Waals surface area (Å²) in [7, 11) is 0. The molecule has 25 heavy (non-hydrogen) atoms. The van der Waals surface area contributed by atoms with Crippen LogP contribution >= 0.6 is 12.6 Å². The Balaban J connectivity index is 2.93. The van der Waals surface area contributed by atoms with Crippen molar-refractivity contribution in [3.05, 3.63) is 0 Å². The molecule has 3 atom stereocenters. The highest BCUT2D eigenvalue weighted by molar-refractivity contribution is 7.81. The maximum absolute atomic E-state index is 13.0. The molecule has 0 aromatic rings. The number of amides is 2. The first-order chi connectivity index (χ1) is 11.6. The number of ether oxygens (including phenoxy) is 1. The molecule has 1 aliphatic rings. The van der Waals surface area contributed by atoms with Gasteiger partial charge in [0.25, 0.3) is 5.91 Å². The van der Waals surface area contributed by atoms with Crippen LogP contribution in [-0.2, 0) is 19.1 Å². The van der Waals surface area contributed by atoms with Gasteiger partial charge in [-0.2, -0.15) is 12.6 Å². The molecule has 7 nitrogen and oxygen atoms in total. The molecule has 1 aliphatic heterocycles. The van der Waals surface area contributed by atoms with E-state index in [9.17, 15) is 14.4 Å². The van der Waals surface area contributed by atoms with Crippen molar-refractivity contribution in [3.8, 4) is 0 Å². The molecule has 0 aromatic carbocycles. The molecule has 1 rings (SSSR count). The van der Waals surface area contributed by atoms with E-state index >= 15 is 0 Å². The van der Waals surface area contributed by atoms with Crippen LogP contribution in [0.5, 0.6) is 0 Å². The molecule has 2 amide bonds. The third-order valence-corrected chi connectivity index (χ3v) is 4.75. The van der Waals surface area contributed by atoms with Gasteiger partial charge in [0.15, 0.2) is 0 Å². The Labute approximate surface area is 154 Å². The first-order valence-corrected chi connectivity index (χ1v) is 9.29. The monoisotopic (exact) mass is 374 g/mol. The van der Waals surface area contributed by atoms with Crippen molar-refractivity contribution in [2.45, 2.75) is 76.7 Å². The number of hydrogen-bond acceptors (Lipinski definition) is 6. The van der Waals surface area contributed by atoms with Gasteiger partial charge < -0.3 is 9.64 Å². The second kappa shape index (κ2) is 9.43. The smallest absolute Gasteiger partial charge is 0.329 e. The zero-order chi connectivity index (χ0) is 19.2. The van der Waals surface area contributed by atoms with Crippen molar-refractivity contribution in [2.75, 3.05) is 6.54 Å². The average Bonchev–Trinajstić information content (AvgIpc) is 3.02.